The van der Waals surface area contributed by atoms with Gasteiger partial charge in [0.15, 0.2) is 9.84 Å². The van der Waals surface area contributed by atoms with E-state index in [4.69, 9.17) is 11.6 Å². The monoisotopic (exact) mass is 328 g/mol. The molecule has 0 atom stereocenters. The third kappa shape index (κ3) is 3.30. The molecule has 2 aromatic heterocycles. The highest BCUT2D eigenvalue weighted by molar-refractivity contribution is 7.91. The summed E-state index contributed by atoms with van der Waals surface area (Å²) in [6, 6.07) is 0. The first-order valence-corrected chi connectivity index (χ1v) is 8.59. The fourth-order valence-corrected chi connectivity index (χ4v) is 3.53. The van der Waals surface area contributed by atoms with Crippen LogP contribution in [0.4, 0.5) is 5.95 Å². The van der Waals surface area contributed by atoms with E-state index in [2.05, 4.69) is 19.9 Å². The summed E-state index contributed by atoms with van der Waals surface area (Å²) in [6.45, 7) is 0.926. The third-order valence-electron chi connectivity index (χ3n) is 3.16. The van der Waals surface area contributed by atoms with Gasteiger partial charge < -0.3 is 4.90 Å². The molecule has 1 saturated heterocycles. The number of imidazole rings is 1. The van der Waals surface area contributed by atoms with Gasteiger partial charge in [-0.05, 0) is 18.0 Å². The van der Waals surface area contributed by atoms with Gasteiger partial charge in [0.25, 0.3) is 0 Å². The van der Waals surface area contributed by atoms with E-state index in [0.29, 0.717) is 31.4 Å². The average molecular weight is 329 g/mol. The van der Waals surface area contributed by atoms with Crippen LogP contribution in [0.25, 0.3) is 5.95 Å². The third-order valence-corrected chi connectivity index (χ3v) is 5.04. The number of rotatable bonds is 2. The maximum absolute atomic E-state index is 11.6. The molecule has 3 heterocycles. The van der Waals surface area contributed by atoms with Crippen LogP contribution in [-0.2, 0) is 9.84 Å². The Kier molecular flexibility index (Phi) is 3.77. The molecule has 0 aliphatic carbocycles. The first-order chi connectivity index (χ1) is 10.0. The van der Waals surface area contributed by atoms with Gasteiger partial charge in [-0.15, -0.1) is 0 Å². The maximum atomic E-state index is 11.6. The highest BCUT2D eigenvalue weighted by Gasteiger charge is 2.21. The van der Waals surface area contributed by atoms with E-state index in [-0.39, 0.29) is 16.8 Å². The first kappa shape index (κ1) is 14.2. The molecule has 3 rings (SSSR count). The van der Waals surface area contributed by atoms with Crippen molar-refractivity contribution in [2.45, 2.75) is 6.42 Å². The SMILES string of the molecule is O=S1(=O)CCCN(c2nc(Cl)nc(-n3ccnc3)n2)CC1. The van der Waals surface area contributed by atoms with Crippen LogP contribution >= 0.6 is 11.6 Å². The summed E-state index contributed by atoms with van der Waals surface area (Å²) < 4.78 is 24.9. The van der Waals surface area contributed by atoms with Crippen molar-refractivity contribution in [2.24, 2.45) is 0 Å². The normalized spacial score (nSPS) is 18.4. The van der Waals surface area contributed by atoms with Crippen molar-refractivity contribution < 1.29 is 8.42 Å². The summed E-state index contributed by atoms with van der Waals surface area (Å²) in [7, 11) is -2.98. The fourth-order valence-electron chi connectivity index (χ4n) is 2.10. The minimum absolute atomic E-state index is 0.0656. The molecule has 1 fully saturated rings. The number of sulfone groups is 1. The van der Waals surface area contributed by atoms with Gasteiger partial charge in [0, 0.05) is 25.5 Å². The van der Waals surface area contributed by atoms with E-state index in [1.807, 2.05) is 4.90 Å². The Hall–Kier alpha value is -1.74. The van der Waals surface area contributed by atoms with Crippen molar-refractivity contribution in [1.82, 2.24) is 24.5 Å². The fraction of sp³-hybridized carbons (Fsp3) is 0.455. The molecule has 0 bridgehead atoms. The van der Waals surface area contributed by atoms with Gasteiger partial charge in [-0.3, -0.25) is 4.57 Å². The minimum atomic E-state index is -2.98. The van der Waals surface area contributed by atoms with Crippen LogP contribution in [0, 0.1) is 0 Å². The van der Waals surface area contributed by atoms with Gasteiger partial charge in [-0.1, -0.05) is 0 Å². The second-order valence-corrected chi connectivity index (χ2v) is 7.31. The number of aromatic nitrogens is 5. The van der Waals surface area contributed by atoms with Crippen LogP contribution in [0.3, 0.4) is 0 Å². The van der Waals surface area contributed by atoms with Crippen molar-refractivity contribution in [1.29, 1.82) is 0 Å². The molecular weight excluding hydrogens is 316 g/mol. The van der Waals surface area contributed by atoms with Crippen LogP contribution in [0.5, 0.6) is 0 Å². The zero-order valence-corrected chi connectivity index (χ0v) is 12.6. The van der Waals surface area contributed by atoms with Gasteiger partial charge in [-0.2, -0.15) is 15.0 Å². The number of anilines is 1. The summed E-state index contributed by atoms with van der Waals surface area (Å²) in [5.41, 5.74) is 0. The summed E-state index contributed by atoms with van der Waals surface area (Å²) in [5.74, 6) is 1.03. The van der Waals surface area contributed by atoms with Crippen molar-refractivity contribution in [3.8, 4) is 5.95 Å². The minimum Gasteiger partial charge on any atom is -0.340 e. The molecule has 112 valence electrons. The number of nitrogens with zero attached hydrogens (tertiary/aromatic N) is 6. The summed E-state index contributed by atoms with van der Waals surface area (Å²) in [4.78, 5) is 18.2. The van der Waals surface area contributed by atoms with E-state index >= 15 is 0 Å². The zero-order chi connectivity index (χ0) is 14.9. The molecule has 0 amide bonds. The standard InChI is InChI=1S/C11H13ClN6O2S/c12-9-14-10(16-11(15-9)18-4-2-13-8-18)17-3-1-6-21(19,20)7-5-17/h2,4,8H,1,3,5-7H2. The topological polar surface area (TPSA) is 93.9 Å². The largest absolute Gasteiger partial charge is 0.340 e. The molecule has 0 unspecified atom stereocenters. The second-order valence-electron chi connectivity index (χ2n) is 4.67. The predicted octanol–water partition coefficient (Wildman–Crippen LogP) is 0.336. The van der Waals surface area contributed by atoms with Crippen molar-refractivity contribution in [3.63, 3.8) is 0 Å². The smallest absolute Gasteiger partial charge is 0.241 e. The molecule has 0 spiro atoms. The van der Waals surface area contributed by atoms with Gasteiger partial charge >= 0.3 is 0 Å². The molecule has 0 saturated carbocycles. The van der Waals surface area contributed by atoms with Crippen LogP contribution in [0.15, 0.2) is 18.7 Å². The Balaban J connectivity index is 1.92. The van der Waals surface area contributed by atoms with E-state index in [1.165, 1.54) is 0 Å². The summed E-state index contributed by atoms with van der Waals surface area (Å²) >= 11 is 5.94. The van der Waals surface area contributed by atoms with E-state index < -0.39 is 9.84 Å². The molecule has 8 nitrogen and oxygen atoms in total. The molecule has 2 aromatic rings. The number of hydrogen-bond donors (Lipinski definition) is 0. The lowest BCUT2D eigenvalue weighted by Crippen LogP contribution is -2.29. The van der Waals surface area contributed by atoms with Crippen LogP contribution in [0.2, 0.25) is 5.28 Å². The highest BCUT2D eigenvalue weighted by atomic mass is 35.5. The van der Waals surface area contributed by atoms with Gasteiger partial charge in [0.2, 0.25) is 17.2 Å². The maximum Gasteiger partial charge on any atom is 0.241 e. The Labute approximate surface area is 126 Å². The molecule has 0 aromatic carbocycles. The zero-order valence-electron chi connectivity index (χ0n) is 11.1. The van der Waals surface area contributed by atoms with E-state index in [1.54, 1.807) is 23.3 Å². The van der Waals surface area contributed by atoms with Crippen molar-refractivity contribution >= 4 is 27.4 Å². The molecule has 1 aliphatic rings. The Morgan fingerprint density at radius 3 is 2.67 bits per heavy atom. The van der Waals surface area contributed by atoms with Crippen LogP contribution in [0.1, 0.15) is 6.42 Å². The highest BCUT2D eigenvalue weighted by Crippen LogP contribution is 2.16. The Morgan fingerprint density at radius 1 is 1.10 bits per heavy atom. The average Bonchev–Trinajstić information content (AvgIpc) is 2.89. The second kappa shape index (κ2) is 5.57. The van der Waals surface area contributed by atoms with Gasteiger partial charge in [0.05, 0.1) is 11.5 Å². The van der Waals surface area contributed by atoms with Crippen LogP contribution in [-0.4, -0.2) is 57.5 Å². The molecule has 10 heteroatoms. The molecule has 0 radical (unpaired) electrons. The lowest BCUT2D eigenvalue weighted by Gasteiger charge is -2.19. The molecule has 0 N–H and O–H groups in total. The Bertz CT molecular complexity index is 733. The number of halogens is 1. The van der Waals surface area contributed by atoms with Gasteiger partial charge in [-0.25, -0.2) is 13.4 Å². The van der Waals surface area contributed by atoms with E-state index in [9.17, 15) is 8.42 Å². The van der Waals surface area contributed by atoms with E-state index in [0.717, 1.165) is 0 Å². The predicted molar refractivity (Wildman–Crippen MR) is 77.4 cm³/mol. The molecule has 1 aliphatic heterocycles. The quantitative estimate of drug-likeness (QED) is 0.784. The summed E-state index contributed by atoms with van der Waals surface area (Å²) in [5, 5.41) is 0.0656. The molecular formula is C11H13ClN6O2S. The van der Waals surface area contributed by atoms with Crippen molar-refractivity contribution in [2.75, 3.05) is 29.5 Å². The molecule has 21 heavy (non-hydrogen) atoms. The van der Waals surface area contributed by atoms with Gasteiger partial charge in [0.1, 0.15) is 6.33 Å². The Morgan fingerprint density at radius 2 is 1.90 bits per heavy atom. The lowest BCUT2D eigenvalue weighted by atomic mass is 10.4. The number of hydrogen-bond acceptors (Lipinski definition) is 7. The van der Waals surface area contributed by atoms with Crippen LogP contribution < -0.4 is 4.90 Å². The summed E-state index contributed by atoms with van der Waals surface area (Å²) in [6.07, 6.45) is 5.41. The van der Waals surface area contributed by atoms with Crippen molar-refractivity contribution in [3.05, 3.63) is 24.0 Å². The lowest BCUT2D eigenvalue weighted by molar-refractivity contribution is 0.597. The first-order valence-electron chi connectivity index (χ1n) is 6.39.